The normalized spacial score (nSPS) is 10.6. The molecule has 0 fully saturated rings. The highest BCUT2D eigenvalue weighted by atomic mass is 16.4. The van der Waals surface area contributed by atoms with E-state index >= 15 is 0 Å². The number of amides is 1. The predicted octanol–water partition coefficient (Wildman–Crippen LogP) is 0.666. The number of rotatable bonds is 5. The largest absolute Gasteiger partial charge is 0.481 e. The molecule has 0 atom stereocenters. The third-order valence-electron chi connectivity index (χ3n) is 2.82. The number of hydrogen-bond donors (Lipinski definition) is 1. The maximum Gasteiger partial charge on any atom is 0.305 e. The maximum atomic E-state index is 12.3. The van der Waals surface area contributed by atoms with Crippen LogP contribution in [0.25, 0.3) is 5.52 Å². The minimum atomic E-state index is -0.923. The summed E-state index contributed by atoms with van der Waals surface area (Å²) in [4.78, 5) is 28.3. The molecule has 7 nitrogen and oxygen atoms in total. The summed E-state index contributed by atoms with van der Waals surface area (Å²) in [7, 11) is 0. The molecule has 100 valence electrons. The number of nitrogens with zero attached hydrogens (tertiary/aromatic N) is 4. The summed E-state index contributed by atoms with van der Waals surface area (Å²) in [5.41, 5.74) is 1.04. The lowest BCUT2D eigenvalue weighted by Crippen LogP contribution is -2.32. The molecule has 0 saturated carbocycles. The van der Waals surface area contributed by atoms with Crippen LogP contribution in [0.2, 0.25) is 0 Å². The lowest BCUT2D eigenvalue weighted by atomic mass is 10.2. The number of carbonyl (C=O) groups is 2. The average molecular weight is 262 g/mol. The fourth-order valence-electron chi connectivity index (χ4n) is 1.80. The molecule has 2 rings (SSSR count). The fourth-order valence-corrected chi connectivity index (χ4v) is 1.80. The number of carboxylic acids is 1. The van der Waals surface area contributed by atoms with Gasteiger partial charge in [-0.25, -0.2) is 4.52 Å². The maximum absolute atomic E-state index is 12.3. The van der Waals surface area contributed by atoms with E-state index in [1.165, 1.54) is 11.1 Å². The number of carboxylic acid groups (broad SMARTS) is 1. The van der Waals surface area contributed by atoms with Crippen LogP contribution in [0.3, 0.4) is 0 Å². The Balaban J connectivity index is 2.24. The van der Waals surface area contributed by atoms with E-state index in [-0.39, 0.29) is 18.9 Å². The van der Waals surface area contributed by atoms with Gasteiger partial charge in [0.15, 0.2) is 0 Å². The third kappa shape index (κ3) is 2.70. The van der Waals surface area contributed by atoms with Gasteiger partial charge in [0.25, 0.3) is 5.91 Å². The predicted molar refractivity (Wildman–Crippen MR) is 66.8 cm³/mol. The van der Waals surface area contributed by atoms with Crippen LogP contribution in [-0.4, -0.2) is 49.6 Å². The molecule has 2 aromatic rings. The number of fused-ring (bicyclic) bond motifs is 1. The van der Waals surface area contributed by atoms with Gasteiger partial charge >= 0.3 is 5.97 Å². The molecule has 1 amide bonds. The van der Waals surface area contributed by atoms with Crippen molar-refractivity contribution in [1.82, 2.24) is 19.5 Å². The van der Waals surface area contributed by atoms with Gasteiger partial charge in [-0.1, -0.05) is 0 Å². The van der Waals surface area contributed by atoms with Crippen molar-refractivity contribution in [3.05, 3.63) is 30.4 Å². The molecular formula is C12H14N4O3. The standard InChI is InChI=1S/C12H14N4O3/c1-2-15(5-3-11(17)18)12(19)9-7-14-16-6-4-13-8-10(9)16/h4,6-8H,2-3,5H2,1H3,(H,17,18). The monoisotopic (exact) mass is 262 g/mol. The van der Waals surface area contributed by atoms with Crippen LogP contribution in [0.15, 0.2) is 24.8 Å². The quantitative estimate of drug-likeness (QED) is 0.855. The molecule has 1 N–H and O–H groups in total. The zero-order chi connectivity index (χ0) is 13.8. The number of carbonyl (C=O) groups excluding carboxylic acids is 1. The van der Waals surface area contributed by atoms with E-state index in [4.69, 9.17) is 5.11 Å². The molecule has 0 bridgehead atoms. The Bertz CT molecular complexity index is 608. The number of hydrogen-bond acceptors (Lipinski definition) is 4. The van der Waals surface area contributed by atoms with E-state index < -0.39 is 5.97 Å². The Labute approximate surface area is 109 Å². The van der Waals surface area contributed by atoms with E-state index in [1.807, 2.05) is 6.92 Å². The van der Waals surface area contributed by atoms with E-state index in [2.05, 4.69) is 10.1 Å². The van der Waals surface area contributed by atoms with Gasteiger partial charge < -0.3 is 10.0 Å². The summed E-state index contributed by atoms with van der Waals surface area (Å²) in [5.74, 6) is -1.15. The van der Waals surface area contributed by atoms with Crippen molar-refractivity contribution < 1.29 is 14.7 Å². The van der Waals surface area contributed by atoms with Crippen molar-refractivity contribution in [3.63, 3.8) is 0 Å². The van der Waals surface area contributed by atoms with E-state index in [1.54, 1.807) is 23.1 Å². The number of aliphatic carboxylic acids is 1. The molecule has 0 aliphatic carbocycles. The van der Waals surface area contributed by atoms with Crippen LogP contribution in [0.4, 0.5) is 0 Å². The van der Waals surface area contributed by atoms with Gasteiger partial charge in [-0.2, -0.15) is 5.10 Å². The van der Waals surface area contributed by atoms with E-state index in [0.29, 0.717) is 17.6 Å². The zero-order valence-electron chi connectivity index (χ0n) is 10.5. The molecule has 0 aliphatic heterocycles. The van der Waals surface area contributed by atoms with Crippen LogP contribution in [0.1, 0.15) is 23.7 Å². The molecule has 7 heteroatoms. The first-order chi connectivity index (χ1) is 9.13. The van der Waals surface area contributed by atoms with Gasteiger partial charge in [-0.3, -0.25) is 14.6 Å². The second-order valence-corrected chi connectivity index (χ2v) is 3.99. The molecule has 0 saturated heterocycles. The van der Waals surface area contributed by atoms with Gasteiger partial charge in [-0.15, -0.1) is 0 Å². The van der Waals surface area contributed by atoms with Crippen LogP contribution in [-0.2, 0) is 4.79 Å². The van der Waals surface area contributed by atoms with Gasteiger partial charge in [0.1, 0.15) is 0 Å². The second kappa shape index (κ2) is 5.47. The summed E-state index contributed by atoms with van der Waals surface area (Å²) in [6.45, 7) is 2.44. The van der Waals surface area contributed by atoms with Gasteiger partial charge in [0.05, 0.1) is 29.9 Å². The van der Waals surface area contributed by atoms with Gasteiger partial charge in [-0.05, 0) is 6.92 Å². The van der Waals surface area contributed by atoms with Crippen molar-refractivity contribution >= 4 is 17.4 Å². The van der Waals surface area contributed by atoms with E-state index in [0.717, 1.165) is 0 Å². The lowest BCUT2D eigenvalue weighted by Gasteiger charge is -2.19. The smallest absolute Gasteiger partial charge is 0.305 e. The van der Waals surface area contributed by atoms with Crippen molar-refractivity contribution in [3.8, 4) is 0 Å². The van der Waals surface area contributed by atoms with Crippen LogP contribution in [0, 0.1) is 0 Å². The molecule has 0 unspecified atom stereocenters. The topological polar surface area (TPSA) is 87.8 Å². The Morgan fingerprint density at radius 1 is 1.42 bits per heavy atom. The van der Waals surface area contributed by atoms with E-state index in [9.17, 15) is 9.59 Å². The van der Waals surface area contributed by atoms with Crippen LogP contribution < -0.4 is 0 Å². The Morgan fingerprint density at radius 2 is 2.21 bits per heavy atom. The van der Waals surface area contributed by atoms with Crippen molar-refractivity contribution in [2.24, 2.45) is 0 Å². The van der Waals surface area contributed by atoms with Crippen LogP contribution in [0.5, 0.6) is 0 Å². The number of aromatic nitrogens is 3. The lowest BCUT2D eigenvalue weighted by molar-refractivity contribution is -0.137. The van der Waals surface area contributed by atoms with Crippen molar-refractivity contribution in [2.45, 2.75) is 13.3 Å². The molecular weight excluding hydrogens is 248 g/mol. The Hall–Kier alpha value is -2.44. The average Bonchev–Trinajstić information content (AvgIpc) is 2.82. The zero-order valence-corrected chi connectivity index (χ0v) is 10.5. The fraction of sp³-hybridized carbons (Fsp3) is 0.333. The molecule has 0 radical (unpaired) electrons. The first-order valence-electron chi connectivity index (χ1n) is 5.92. The summed E-state index contributed by atoms with van der Waals surface area (Å²) >= 11 is 0. The van der Waals surface area contributed by atoms with Gasteiger partial charge in [0, 0.05) is 25.5 Å². The van der Waals surface area contributed by atoms with Crippen LogP contribution >= 0.6 is 0 Å². The summed E-state index contributed by atoms with van der Waals surface area (Å²) in [5, 5.41) is 12.7. The molecule has 0 aromatic carbocycles. The summed E-state index contributed by atoms with van der Waals surface area (Å²) < 4.78 is 1.56. The first-order valence-corrected chi connectivity index (χ1v) is 5.92. The summed E-state index contributed by atoms with van der Waals surface area (Å²) in [6, 6.07) is 0. The van der Waals surface area contributed by atoms with Gasteiger partial charge in [0.2, 0.25) is 0 Å². The Kier molecular flexibility index (Phi) is 3.74. The van der Waals surface area contributed by atoms with Crippen molar-refractivity contribution in [1.29, 1.82) is 0 Å². The highest BCUT2D eigenvalue weighted by Gasteiger charge is 2.19. The first kappa shape index (κ1) is 13.0. The second-order valence-electron chi connectivity index (χ2n) is 3.99. The highest BCUT2D eigenvalue weighted by Crippen LogP contribution is 2.12. The van der Waals surface area contributed by atoms with Crippen molar-refractivity contribution in [2.75, 3.05) is 13.1 Å². The molecule has 0 spiro atoms. The Morgan fingerprint density at radius 3 is 2.89 bits per heavy atom. The SMILES string of the molecule is CCN(CCC(=O)O)C(=O)c1cnn2ccncc12. The highest BCUT2D eigenvalue weighted by molar-refractivity contribution is 6.00. The summed E-state index contributed by atoms with van der Waals surface area (Å²) in [6.07, 6.45) is 6.20. The molecule has 0 aliphatic rings. The minimum Gasteiger partial charge on any atom is -0.481 e. The molecule has 19 heavy (non-hydrogen) atoms. The molecule has 2 aromatic heterocycles. The third-order valence-corrected chi connectivity index (χ3v) is 2.82. The molecule has 2 heterocycles. The minimum absolute atomic E-state index is 0.0724.